The molecule has 0 heterocycles. The monoisotopic (exact) mass is 288 g/mol. The van der Waals surface area contributed by atoms with Crippen molar-refractivity contribution in [3.63, 3.8) is 0 Å². The van der Waals surface area contributed by atoms with Crippen LogP contribution in [0.1, 0.15) is 48.1 Å². The third kappa shape index (κ3) is 3.62. The molecule has 20 heavy (non-hydrogen) atoms. The highest BCUT2D eigenvalue weighted by Gasteiger charge is 2.11. The van der Waals surface area contributed by atoms with E-state index in [1.165, 1.54) is 5.56 Å². The summed E-state index contributed by atoms with van der Waals surface area (Å²) in [6.07, 6.45) is 0.0246. The highest BCUT2D eigenvalue weighted by Crippen LogP contribution is 2.25. The molecule has 0 radical (unpaired) electrons. The molecule has 0 bridgehead atoms. The van der Waals surface area contributed by atoms with Gasteiger partial charge in [-0.15, -0.1) is 0 Å². The Hall–Kier alpha value is -1.31. The highest BCUT2D eigenvalue weighted by molar-refractivity contribution is 6.31. The molecule has 106 valence electrons. The number of hydrogen-bond donors (Lipinski definition) is 1. The van der Waals surface area contributed by atoms with Crippen molar-refractivity contribution in [3.8, 4) is 0 Å². The van der Waals surface area contributed by atoms with Gasteiger partial charge in [0.1, 0.15) is 0 Å². The first-order valence-electron chi connectivity index (χ1n) is 7.00. The zero-order valence-corrected chi connectivity index (χ0v) is 13.0. The van der Waals surface area contributed by atoms with E-state index in [1.54, 1.807) is 0 Å². The SMILES string of the molecule is Cc1ccc(CC(O)c2ccc(C(C)C)cc2)c(Cl)c1. The van der Waals surface area contributed by atoms with Gasteiger partial charge in [-0.1, -0.05) is 61.8 Å². The maximum Gasteiger partial charge on any atom is 0.0830 e. The molecule has 0 aliphatic carbocycles. The summed E-state index contributed by atoms with van der Waals surface area (Å²) in [5.74, 6) is 0.507. The van der Waals surface area contributed by atoms with Gasteiger partial charge in [0.25, 0.3) is 0 Å². The number of aryl methyl sites for hydroxylation is 1. The summed E-state index contributed by atoms with van der Waals surface area (Å²) >= 11 is 6.22. The largest absolute Gasteiger partial charge is 0.388 e. The van der Waals surface area contributed by atoms with Crippen molar-refractivity contribution in [2.45, 2.75) is 39.2 Å². The Bertz CT molecular complexity index is 572. The number of rotatable bonds is 4. The smallest absolute Gasteiger partial charge is 0.0830 e. The molecule has 2 aromatic carbocycles. The van der Waals surface area contributed by atoms with E-state index >= 15 is 0 Å². The van der Waals surface area contributed by atoms with Gasteiger partial charge >= 0.3 is 0 Å². The second-order valence-electron chi connectivity index (χ2n) is 5.64. The molecule has 2 rings (SSSR count). The molecule has 0 fully saturated rings. The Balaban J connectivity index is 2.13. The van der Waals surface area contributed by atoms with Crippen LogP contribution in [0.4, 0.5) is 0 Å². The second-order valence-corrected chi connectivity index (χ2v) is 6.04. The van der Waals surface area contributed by atoms with Crippen molar-refractivity contribution >= 4 is 11.6 Å². The summed E-state index contributed by atoms with van der Waals surface area (Å²) in [6, 6.07) is 14.1. The van der Waals surface area contributed by atoms with Crippen LogP contribution in [0.2, 0.25) is 5.02 Å². The maximum atomic E-state index is 10.3. The van der Waals surface area contributed by atoms with E-state index in [0.29, 0.717) is 12.3 Å². The average Bonchev–Trinajstić information content (AvgIpc) is 2.42. The molecule has 0 spiro atoms. The third-order valence-electron chi connectivity index (χ3n) is 3.61. The molecular weight excluding hydrogens is 268 g/mol. The lowest BCUT2D eigenvalue weighted by Gasteiger charge is -2.14. The molecular formula is C18H21ClO. The van der Waals surface area contributed by atoms with E-state index in [0.717, 1.165) is 21.7 Å². The molecule has 2 heteroatoms. The molecule has 1 N–H and O–H groups in total. The van der Waals surface area contributed by atoms with Crippen molar-refractivity contribution in [2.24, 2.45) is 0 Å². The molecule has 2 aromatic rings. The average molecular weight is 289 g/mol. The quantitative estimate of drug-likeness (QED) is 0.835. The van der Waals surface area contributed by atoms with Gasteiger partial charge in [-0.2, -0.15) is 0 Å². The lowest BCUT2D eigenvalue weighted by atomic mass is 9.97. The first-order chi connectivity index (χ1) is 9.47. The number of aliphatic hydroxyl groups is 1. The van der Waals surface area contributed by atoms with Crippen molar-refractivity contribution in [1.29, 1.82) is 0 Å². The predicted molar refractivity (Wildman–Crippen MR) is 85.4 cm³/mol. The van der Waals surface area contributed by atoms with Crippen LogP contribution >= 0.6 is 11.6 Å². The lowest BCUT2D eigenvalue weighted by Crippen LogP contribution is -2.03. The minimum atomic E-state index is -0.517. The molecule has 1 atom stereocenters. The van der Waals surface area contributed by atoms with Gasteiger partial charge in [-0.05, 0) is 41.2 Å². The fourth-order valence-electron chi connectivity index (χ4n) is 2.25. The van der Waals surface area contributed by atoms with Crippen LogP contribution in [0.15, 0.2) is 42.5 Å². The minimum absolute atomic E-state index is 0.507. The van der Waals surface area contributed by atoms with Gasteiger partial charge in [0.15, 0.2) is 0 Å². The zero-order chi connectivity index (χ0) is 14.7. The van der Waals surface area contributed by atoms with Gasteiger partial charge in [0.05, 0.1) is 6.10 Å². The van der Waals surface area contributed by atoms with Crippen LogP contribution in [0.25, 0.3) is 0 Å². The fraction of sp³-hybridized carbons (Fsp3) is 0.333. The standard InChI is InChI=1S/C18H21ClO/c1-12(2)14-6-8-15(9-7-14)18(20)11-16-5-4-13(3)10-17(16)19/h4-10,12,18,20H,11H2,1-3H3. The number of hydrogen-bond acceptors (Lipinski definition) is 1. The number of aliphatic hydroxyl groups excluding tert-OH is 1. The van der Waals surface area contributed by atoms with Gasteiger partial charge in [-0.3, -0.25) is 0 Å². The van der Waals surface area contributed by atoms with Crippen molar-refractivity contribution in [1.82, 2.24) is 0 Å². The van der Waals surface area contributed by atoms with Crippen LogP contribution in [-0.2, 0) is 6.42 Å². The summed E-state index contributed by atoms with van der Waals surface area (Å²) in [5.41, 5.74) is 4.34. The van der Waals surface area contributed by atoms with E-state index in [2.05, 4.69) is 26.0 Å². The molecule has 0 amide bonds. The summed E-state index contributed by atoms with van der Waals surface area (Å²) in [7, 11) is 0. The third-order valence-corrected chi connectivity index (χ3v) is 3.96. The van der Waals surface area contributed by atoms with Crippen LogP contribution in [0.3, 0.4) is 0 Å². The van der Waals surface area contributed by atoms with Gasteiger partial charge in [-0.25, -0.2) is 0 Å². The van der Waals surface area contributed by atoms with Crippen molar-refractivity contribution in [3.05, 3.63) is 69.7 Å². The van der Waals surface area contributed by atoms with Crippen LogP contribution in [0.5, 0.6) is 0 Å². The molecule has 0 aliphatic rings. The predicted octanol–water partition coefficient (Wildman–Crippen LogP) is 5.05. The number of halogens is 1. The van der Waals surface area contributed by atoms with Gasteiger partial charge in [0, 0.05) is 11.4 Å². The van der Waals surface area contributed by atoms with E-state index in [-0.39, 0.29) is 0 Å². The Labute approximate surface area is 126 Å². The van der Waals surface area contributed by atoms with E-state index < -0.39 is 6.10 Å². The Morgan fingerprint density at radius 2 is 1.60 bits per heavy atom. The molecule has 0 aliphatic heterocycles. The van der Waals surface area contributed by atoms with Crippen LogP contribution in [0, 0.1) is 6.92 Å². The lowest BCUT2D eigenvalue weighted by molar-refractivity contribution is 0.178. The zero-order valence-electron chi connectivity index (χ0n) is 12.2. The Morgan fingerprint density at radius 1 is 1.00 bits per heavy atom. The normalized spacial score (nSPS) is 12.7. The molecule has 0 aromatic heterocycles. The molecule has 1 unspecified atom stereocenters. The second kappa shape index (κ2) is 6.43. The van der Waals surface area contributed by atoms with Crippen LogP contribution in [-0.4, -0.2) is 5.11 Å². The van der Waals surface area contributed by atoms with Gasteiger partial charge < -0.3 is 5.11 Å². The summed E-state index contributed by atoms with van der Waals surface area (Å²) < 4.78 is 0. The van der Waals surface area contributed by atoms with E-state index in [9.17, 15) is 5.11 Å². The topological polar surface area (TPSA) is 20.2 Å². The maximum absolute atomic E-state index is 10.3. The van der Waals surface area contributed by atoms with Crippen LogP contribution < -0.4 is 0 Å². The summed E-state index contributed by atoms with van der Waals surface area (Å²) in [5, 5.41) is 11.1. The highest BCUT2D eigenvalue weighted by atomic mass is 35.5. The first kappa shape index (κ1) is 15.1. The molecule has 0 saturated carbocycles. The van der Waals surface area contributed by atoms with E-state index in [1.807, 2.05) is 37.3 Å². The molecule has 0 saturated heterocycles. The minimum Gasteiger partial charge on any atom is -0.388 e. The van der Waals surface area contributed by atoms with Crippen molar-refractivity contribution in [2.75, 3.05) is 0 Å². The molecule has 1 nitrogen and oxygen atoms in total. The van der Waals surface area contributed by atoms with Gasteiger partial charge in [0.2, 0.25) is 0 Å². The summed E-state index contributed by atoms with van der Waals surface area (Å²) in [4.78, 5) is 0. The summed E-state index contributed by atoms with van der Waals surface area (Å²) in [6.45, 7) is 6.34. The fourth-order valence-corrected chi connectivity index (χ4v) is 2.56. The van der Waals surface area contributed by atoms with E-state index in [4.69, 9.17) is 11.6 Å². The Kier molecular flexibility index (Phi) is 4.85. The first-order valence-corrected chi connectivity index (χ1v) is 7.38. The number of benzene rings is 2. The van der Waals surface area contributed by atoms with Crippen molar-refractivity contribution < 1.29 is 5.11 Å². The Morgan fingerprint density at radius 3 is 2.15 bits per heavy atom.